The maximum atomic E-state index is 12.9. The van der Waals surface area contributed by atoms with E-state index in [9.17, 15) is 18.0 Å². The summed E-state index contributed by atoms with van der Waals surface area (Å²) in [6.45, 7) is 0. The number of rotatable bonds is 2. The average Bonchev–Trinajstić information content (AvgIpc) is 2.46. The lowest BCUT2D eigenvalue weighted by Gasteiger charge is -2.21. The normalized spacial score (nSPS) is 11.1. The van der Waals surface area contributed by atoms with Gasteiger partial charge in [0.1, 0.15) is 0 Å². The van der Waals surface area contributed by atoms with Gasteiger partial charge in [0.05, 0.1) is 16.9 Å². The van der Waals surface area contributed by atoms with Crippen LogP contribution in [0.25, 0.3) is 0 Å². The molecule has 0 atom stereocenters. The van der Waals surface area contributed by atoms with Crippen LogP contribution in [0.2, 0.25) is 0 Å². The van der Waals surface area contributed by atoms with Gasteiger partial charge < -0.3 is 5.32 Å². The summed E-state index contributed by atoms with van der Waals surface area (Å²) in [5.74, 6) is 0. The van der Waals surface area contributed by atoms with Crippen molar-refractivity contribution in [2.24, 2.45) is 0 Å². The highest BCUT2D eigenvalue weighted by molar-refractivity contribution is 9.10. The Morgan fingerprint density at radius 3 is 2.32 bits per heavy atom. The van der Waals surface area contributed by atoms with Gasteiger partial charge in [-0.2, -0.15) is 13.2 Å². The second kappa shape index (κ2) is 6.39. The van der Waals surface area contributed by atoms with Gasteiger partial charge in [0, 0.05) is 11.5 Å². The standard InChI is InChI=1S/C15H12BrF3N2O/c1-21(13-9-5-3-7-11(13)16)14(22)20-12-8-4-2-6-10(12)15(17,18)19/h2-9H,1H3,(H,20,22). The van der Waals surface area contributed by atoms with Crippen LogP contribution < -0.4 is 10.2 Å². The van der Waals surface area contributed by atoms with Crippen LogP contribution in [0.1, 0.15) is 5.56 Å². The fraction of sp³-hybridized carbons (Fsp3) is 0.133. The van der Waals surface area contributed by atoms with E-state index >= 15 is 0 Å². The molecule has 22 heavy (non-hydrogen) atoms. The van der Waals surface area contributed by atoms with E-state index in [0.29, 0.717) is 10.2 Å². The van der Waals surface area contributed by atoms with E-state index in [0.717, 1.165) is 6.07 Å². The number of urea groups is 1. The largest absolute Gasteiger partial charge is 0.418 e. The van der Waals surface area contributed by atoms with Gasteiger partial charge in [-0.15, -0.1) is 0 Å². The third kappa shape index (κ3) is 3.59. The number of anilines is 2. The predicted molar refractivity (Wildman–Crippen MR) is 83.0 cm³/mol. The topological polar surface area (TPSA) is 32.3 Å². The number of hydrogen-bond acceptors (Lipinski definition) is 1. The molecule has 1 N–H and O–H groups in total. The number of nitrogens with zero attached hydrogens (tertiary/aromatic N) is 1. The third-order valence-corrected chi connectivity index (χ3v) is 3.66. The minimum Gasteiger partial charge on any atom is -0.307 e. The molecule has 0 saturated heterocycles. The van der Waals surface area contributed by atoms with Crippen LogP contribution in [0, 0.1) is 0 Å². The Balaban J connectivity index is 2.25. The number of nitrogens with one attached hydrogen (secondary N) is 1. The van der Waals surface area contributed by atoms with Crippen molar-refractivity contribution in [1.82, 2.24) is 0 Å². The minimum absolute atomic E-state index is 0.279. The number of para-hydroxylation sites is 2. The molecule has 116 valence electrons. The Kier molecular flexibility index (Phi) is 4.75. The highest BCUT2D eigenvalue weighted by Gasteiger charge is 2.33. The first-order valence-corrected chi connectivity index (χ1v) is 7.05. The van der Waals surface area contributed by atoms with Gasteiger partial charge in [-0.25, -0.2) is 4.79 Å². The van der Waals surface area contributed by atoms with Crippen LogP contribution in [0.4, 0.5) is 29.3 Å². The van der Waals surface area contributed by atoms with Gasteiger partial charge in [-0.3, -0.25) is 4.90 Å². The third-order valence-electron chi connectivity index (χ3n) is 2.99. The highest BCUT2D eigenvalue weighted by Crippen LogP contribution is 2.35. The molecule has 0 bridgehead atoms. The lowest BCUT2D eigenvalue weighted by Crippen LogP contribution is -2.32. The Labute approximate surface area is 133 Å². The number of alkyl halides is 3. The predicted octanol–water partition coefficient (Wildman–Crippen LogP) is 5.14. The molecule has 2 rings (SSSR count). The van der Waals surface area contributed by atoms with Crippen molar-refractivity contribution in [1.29, 1.82) is 0 Å². The van der Waals surface area contributed by atoms with Crippen molar-refractivity contribution in [3.05, 3.63) is 58.6 Å². The molecule has 0 heterocycles. The maximum Gasteiger partial charge on any atom is 0.418 e. The van der Waals surface area contributed by atoms with Gasteiger partial charge in [-0.05, 0) is 40.2 Å². The first kappa shape index (κ1) is 16.4. The summed E-state index contributed by atoms with van der Waals surface area (Å²) in [7, 11) is 1.48. The molecule has 2 amide bonds. The first-order chi connectivity index (χ1) is 10.3. The maximum absolute atomic E-state index is 12.9. The molecular formula is C15H12BrF3N2O. The van der Waals surface area contributed by atoms with Crippen molar-refractivity contribution < 1.29 is 18.0 Å². The number of carbonyl (C=O) groups is 1. The van der Waals surface area contributed by atoms with E-state index in [4.69, 9.17) is 0 Å². The fourth-order valence-corrected chi connectivity index (χ4v) is 2.42. The zero-order valence-electron chi connectivity index (χ0n) is 11.5. The molecule has 2 aromatic rings. The molecule has 2 aromatic carbocycles. The number of amides is 2. The Hall–Kier alpha value is -2.02. The smallest absolute Gasteiger partial charge is 0.307 e. The number of halogens is 4. The molecule has 0 aliphatic rings. The van der Waals surface area contributed by atoms with Crippen molar-refractivity contribution in [2.45, 2.75) is 6.18 Å². The number of benzene rings is 2. The summed E-state index contributed by atoms with van der Waals surface area (Å²) in [5, 5.41) is 2.29. The highest BCUT2D eigenvalue weighted by atomic mass is 79.9. The molecule has 7 heteroatoms. The quantitative estimate of drug-likeness (QED) is 0.777. The lowest BCUT2D eigenvalue weighted by atomic mass is 10.1. The van der Waals surface area contributed by atoms with Gasteiger partial charge in [0.25, 0.3) is 0 Å². The number of carbonyl (C=O) groups excluding carboxylic acids is 1. The first-order valence-electron chi connectivity index (χ1n) is 6.26. The molecule has 0 aliphatic heterocycles. The van der Waals surface area contributed by atoms with Gasteiger partial charge >= 0.3 is 12.2 Å². The van der Waals surface area contributed by atoms with Crippen LogP contribution >= 0.6 is 15.9 Å². The summed E-state index contributed by atoms with van der Waals surface area (Å²) >= 11 is 3.30. The van der Waals surface area contributed by atoms with Crippen LogP contribution in [0.5, 0.6) is 0 Å². The van der Waals surface area contributed by atoms with Crippen LogP contribution in [-0.2, 0) is 6.18 Å². The molecule has 0 spiro atoms. The summed E-state index contributed by atoms with van der Waals surface area (Å²) in [5.41, 5.74) is -0.618. The Bertz CT molecular complexity index is 688. The molecule has 0 unspecified atom stereocenters. The second-order valence-corrected chi connectivity index (χ2v) is 5.34. The van der Waals surface area contributed by atoms with E-state index in [1.807, 2.05) is 0 Å². The SMILES string of the molecule is CN(C(=O)Nc1ccccc1C(F)(F)F)c1ccccc1Br. The average molecular weight is 373 g/mol. The van der Waals surface area contributed by atoms with Crippen molar-refractivity contribution in [3.63, 3.8) is 0 Å². The van der Waals surface area contributed by atoms with Crippen LogP contribution in [-0.4, -0.2) is 13.1 Å². The Morgan fingerprint density at radius 1 is 1.09 bits per heavy atom. The van der Waals surface area contributed by atoms with E-state index in [1.165, 1.54) is 30.1 Å². The van der Waals surface area contributed by atoms with Crippen LogP contribution in [0.15, 0.2) is 53.0 Å². The Morgan fingerprint density at radius 2 is 1.68 bits per heavy atom. The molecule has 0 fully saturated rings. The van der Waals surface area contributed by atoms with Crippen molar-refractivity contribution in [2.75, 3.05) is 17.3 Å². The monoisotopic (exact) mass is 372 g/mol. The molecule has 0 aromatic heterocycles. The lowest BCUT2D eigenvalue weighted by molar-refractivity contribution is -0.136. The van der Waals surface area contributed by atoms with E-state index in [-0.39, 0.29) is 5.69 Å². The summed E-state index contributed by atoms with van der Waals surface area (Å²) in [4.78, 5) is 13.4. The van der Waals surface area contributed by atoms with E-state index < -0.39 is 17.8 Å². The molecule has 0 aliphatic carbocycles. The minimum atomic E-state index is -4.53. The van der Waals surface area contributed by atoms with Crippen molar-refractivity contribution >= 4 is 33.3 Å². The van der Waals surface area contributed by atoms with E-state index in [1.54, 1.807) is 24.3 Å². The molecular weight excluding hydrogens is 361 g/mol. The van der Waals surface area contributed by atoms with Crippen molar-refractivity contribution in [3.8, 4) is 0 Å². The summed E-state index contributed by atoms with van der Waals surface area (Å²) < 4.78 is 39.4. The second-order valence-electron chi connectivity index (χ2n) is 4.48. The molecule has 0 saturated carbocycles. The van der Waals surface area contributed by atoms with Gasteiger partial charge in [0.2, 0.25) is 0 Å². The van der Waals surface area contributed by atoms with Gasteiger partial charge in [0.15, 0.2) is 0 Å². The summed E-state index contributed by atoms with van der Waals surface area (Å²) in [6, 6.07) is 11.1. The molecule has 0 radical (unpaired) electrons. The zero-order chi connectivity index (χ0) is 16.3. The zero-order valence-corrected chi connectivity index (χ0v) is 13.1. The number of hydrogen-bond donors (Lipinski definition) is 1. The fourth-order valence-electron chi connectivity index (χ4n) is 1.87. The molecule has 3 nitrogen and oxygen atoms in total. The summed E-state index contributed by atoms with van der Waals surface area (Å²) in [6.07, 6.45) is -4.53. The van der Waals surface area contributed by atoms with Gasteiger partial charge in [-0.1, -0.05) is 24.3 Å². The van der Waals surface area contributed by atoms with Crippen LogP contribution in [0.3, 0.4) is 0 Å². The van der Waals surface area contributed by atoms with E-state index in [2.05, 4.69) is 21.2 Å².